The highest BCUT2D eigenvalue weighted by atomic mass is 31.2. The van der Waals surface area contributed by atoms with Gasteiger partial charge in [-0.05, 0) is 44.1 Å². The number of phosphoric acid groups is 1. The molecular weight excluding hydrogens is 829 g/mol. The first kappa shape index (κ1) is 49.2. The number of aromatic amines is 1. The summed E-state index contributed by atoms with van der Waals surface area (Å²) >= 11 is 0. The quantitative estimate of drug-likeness (QED) is 0.0330. The Hall–Kier alpha value is -4.48. The Kier molecular flexibility index (Phi) is 20.0. The lowest BCUT2D eigenvalue weighted by atomic mass is 9.95. The van der Waals surface area contributed by atoms with E-state index in [2.05, 4.69) is 25.5 Å². The van der Waals surface area contributed by atoms with Crippen LogP contribution >= 0.6 is 7.82 Å². The van der Waals surface area contributed by atoms with Gasteiger partial charge < -0.3 is 59.8 Å². The number of aliphatic hydroxyl groups is 3. The lowest BCUT2D eigenvalue weighted by Crippen LogP contribution is -2.64. The second-order valence-electron chi connectivity index (χ2n) is 14.2. The molecule has 0 aliphatic carbocycles. The fraction of sp³-hybridized carbons (Fsp3) is 0.605. The van der Waals surface area contributed by atoms with Crippen molar-refractivity contribution < 1.29 is 71.9 Å². The van der Waals surface area contributed by atoms with Gasteiger partial charge in [0.05, 0.1) is 6.61 Å². The largest absolute Gasteiger partial charge is 0.508 e. The summed E-state index contributed by atoms with van der Waals surface area (Å²) in [6, 6.07) is 8.59. The molecular formula is C38H56N5O17P. The number of allylic oxidation sites excluding steroid dienone is 2. The minimum Gasteiger partial charge on any atom is -0.431 e. The third-order valence-electron chi connectivity index (χ3n) is 9.69. The highest BCUT2D eigenvalue weighted by molar-refractivity contribution is 7.47. The van der Waals surface area contributed by atoms with Gasteiger partial charge in [-0.1, -0.05) is 42.5 Å². The zero-order chi connectivity index (χ0) is 44.4. The van der Waals surface area contributed by atoms with Gasteiger partial charge in [-0.2, -0.15) is 0 Å². The highest BCUT2D eigenvalue weighted by Gasteiger charge is 2.50. The topological polar surface area (TPSA) is 305 Å². The Labute approximate surface area is 351 Å². The zero-order valence-electron chi connectivity index (χ0n) is 33.9. The van der Waals surface area contributed by atoms with E-state index in [4.69, 9.17) is 28.2 Å². The van der Waals surface area contributed by atoms with Crippen LogP contribution in [0.1, 0.15) is 57.2 Å². The van der Waals surface area contributed by atoms with Crippen LogP contribution < -0.4 is 27.2 Å². The van der Waals surface area contributed by atoms with Crippen molar-refractivity contribution in [3.05, 3.63) is 81.1 Å². The summed E-state index contributed by atoms with van der Waals surface area (Å²) in [6.45, 7) is 1.02. The maximum Gasteiger partial charge on any atom is 0.508 e. The van der Waals surface area contributed by atoms with Gasteiger partial charge >= 0.3 is 25.7 Å². The lowest BCUT2D eigenvalue weighted by Gasteiger charge is -2.42. The highest BCUT2D eigenvalue weighted by Crippen LogP contribution is 2.50. The van der Waals surface area contributed by atoms with Crippen LogP contribution in [0.5, 0.6) is 0 Å². The Bertz CT molecular complexity index is 1880. The molecule has 340 valence electrons. The van der Waals surface area contributed by atoms with E-state index in [1.807, 2.05) is 12.1 Å². The number of hydrogen-bond acceptors (Lipinski definition) is 16. The van der Waals surface area contributed by atoms with Crippen molar-refractivity contribution in [2.45, 2.75) is 101 Å². The third kappa shape index (κ3) is 15.7. The van der Waals surface area contributed by atoms with Crippen LogP contribution in [0.2, 0.25) is 0 Å². The molecule has 10 atom stereocenters. The molecule has 2 aromatic rings. The second kappa shape index (κ2) is 24.8. The van der Waals surface area contributed by atoms with Gasteiger partial charge in [0, 0.05) is 51.9 Å². The summed E-state index contributed by atoms with van der Waals surface area (Å²) in [5.74, 6) is -1.27. The minimum absolute atomic E-state index is 0.0677. The van der Waals surface area contributed by atoms with Gasteiger partial charge in [0.2, 0.25) is 5.91 Å². The van der Waals surface area contributed by atoms with Crippen LogP contribution in [0.3, 0.4) is 0 Å². The van der Waals surface area contributed by atoms with Gasteiger partial charge in [-0.25, -0.2) is 18.9 Å². The van der Waals surface area contributed by atoms with E-state index in [9.17, 15) is 48.8 Å². The minimum atomic E-state index is -4.64. The van der Waals surface area contributed by atoms with Gasteiger partial charge in [0.15, 0.2) is 6.29 Å². The summed E-state index contributed by atoms with van der Waals surface area (Å²) in [5.41, 5.74) is -0.733. The predicted octanol–water partition coefficient (Wildman–Crippen LogP) is 0.692. The van der Waals surface area contributed by atoms with E-state index in [0.717, 1.165) is 23.3 Å². The number of phosphoric ester groups is 1. The first-order chi connectivity index (χ1) is 29.2. The van der Waals surface area contributed by atoms with E-state index in [1.54, 1.807) is 30.3 Å². The fourth-order valence-corrected chi connectivity index (χ4v) is 7.28. The first-order valence-electron chi connectivity index (χ1n) is 19.8. The number of H-pyrrole nitrogens is 1. The number of nitrogens with one attached hydrogen (secondary N) is 4. The molecule has 8 N–H and O–H groups in total. The lowest BCUT2D eigenvalue weighted by molar-refractivity contribution is -0.270. The molecule has 3 heterocycles. The molecule has 2 unspecified atom stereocenters. The number of carbonyl (C=O) groups is 3. The molecule has 22 nitrogen and oxygen atoms in total. The first-order valence-corrected chi connectivity index (χ1v) is 21.3. The number of rotatable bonds is 23. The van der Waals surface area contributed by atoms with E-state index >= 15 is 0 Å². The summed E-state index contributed by atoms with van der Waals surface area (Å²) in [6.07, 6.45) is -1.62. The van der Waals surface area contributed by atoms with Crippen LogP contribution in [0.4, 0.5) is 9.59 Å². The summed E-state index contributed by atoms with van der Waals surface area (Å²) in [5, 5.41) is 37.9. The number of benzene rings is 1. The second-order valence-corrected chi connectivity index (χ2v) is 15.7. The molecule has 0 bridgehead atoms. The van der Waals surface area contributed by atoms with Crippen molar-refractivity contribution in [3.63, 3.8) is 0 Å². The number of carbonyl (C=O) groups excluding carboxylic acids is 3. The number of nitrogens with zero attached hydrogens (tertiary/aromatic N) is 1. The standard InChI is InChI=1S/C38H56N5O17P/c1-24(45)41-30-32(48)31(47)27(21-44)59-35(30)55-20-12-11-18-40-36(49)39-17-10-5-3-4-9-15-26-33(60-61(52,53)54-2)28(58-34(26)43-19-16-29(46)42-37(43)50)23-57-38(51)56-22-25-13-7-6-8-14-25/h4,6-9,13-14,16,19,26-28,30-35,44,47-48H,3,5,10-12,15,17-18,20-23H2,1-2H3,(H,41,45)(H,52,53)(H2,39,40,49)(H,42,46,50)/b9-4+/t26-,27+,28+,30+,31-,32+,33?,34+,35+/m0/s1. The van der Waals surface area contributed by atoms with Gasteiger partial charge in [0.25, 0.3) is 5.56 Å². The number of aliphatic hydroxyl groups excluding tert-OH is 3. The van der Waals surface area contributed by atoms with E-state index in [0.29, 0.717) is 45.2 Å². The number of urea groups is 1. The SMILES string of the molecule is COP(=O)(O)OC1[C@@H](COC(=O)OCc2ccccc2)O[C@@H](n2ccc(=O)[nH]c2=O)[C@H]1C/C=C/CCCCNC(=O)NCCCCO[C@@H]1O[C@H](CO)[C@H](O)[C@H](O)[C@H]1NC(C)=O. The van der Waals surface area contributed by atoms with Crippen molar-refractivity contribution in [1.82, 2.24) is 25.5 Å². The van der Waals surface area contributed by atoms with Crippen LogP contribution in [0.25, 0.3) is 0 Å². The molecule has 0 radical (unpaired) electrons. The molecule has 2 aliphatic rings. The molecule has 23 heteroatoms. The molecule has 2 aliphatic heterocycles. The third-order valence-corrected chi connectivity index (χ3v) is 10.7. The normalized spacial score (nSPS) is 26.0. The summed E-state index contributed by atoms with van der Waals surface area (Å²) in [4.78, 5) is 73.4. The molecule has 61 heavy (non-hydrogen) atoms. The van der Waals surface area contributed by atoms with Crippen molar-refractivity contribution in [1.29, 1.82) is 0 Å². The van der Waals surface area contributed by atoms with Crippen LogP contribution in [0, 0.1) is 5.92 Å². The Morgan fingerprint density at radius 1 is 0.951 bits per heavy atom. The number of ether oxygens (including phenoxy) is 5. The average Bonchev–Trinajstić information content (AvgIpc) is 3.56. The van der Waals surface area contributed by atoms with E-state index < -0.39 is 99.3 Å². The number of amides is 3. The van der Waals surface area contributed by atoms with Crippen LogP contribution in [-0.4, -0.2) is 131 Å². The van der Waals surface area contributed by atoms with Crippen molar-refractivity contribution in [2.75, 3.05) is 40.0 Å². The van der Waals surface area contributed by atoms with Gasteiger partial charge in [0.1, 0.15) is 56.0 Å². The molecule has 3 amide bonds. The van der Waals surface area contributed by atoms with E-state index in [1.165, 1.54) is 13.1 Å². The van der Waals surface area contributed by atoms with Gasteiger partial charge in [-0.15, -0.1) is 0 Å². The van der Waals surface area contributed by atoms with Crippen molar-refractivity contribution >= 4 is 25.9 Å². The van der Waals surface area contributed by atoms with Gasteiger partial charge in [-0.3, -0.25) is 28.2 Å². The molecule has 4 rings (SSSR count). The Morgan fingerprint density at radius 3 is 2.34 bits per heavy atom. The van der Waals surface area contributed by atoms with Crippen molar-refractivity contribution in [3.8, 4) is 0 Å². The Morgan fingerprint density at radius 2 is 1.67 bits per heavy atom. The molecule has 0 spiro atoms. The number of unbranched alkanes of at least 4 members (excludes halogenated alkanes) is 3. The predicted molar refractivity (Wildman–Crippen MR) is 213 cm³/mol. The summed E-state index contributed by atoms with van der Waals surface area (Å²) < 4.78 is 51.6. The van der Waals surface area contributed by atoms with Crippen molar-refractivity contribution in [2.24, 2.45) is 5.92 Å². The molecule has 1 aromatic carbocycles. The summed E-state index contributed by atoms with van der Waals surface area (Å²) in [7, 11) is -3.65. The zero-order valence-corrected chi connectivity index (χ0v) is 34.8. The molecule has 0 saturated carbocycles. The maximum atomic E-state index is 12.8. The Balaban J connectivity index is 1.21. The fourth-order valence-electron chi connectivity index (χ4n) is 6.60. The molecule has 2 fully saturated rings. The van der Waals surface area contributed by atoms with Crippen LogP contribution in [-0.2, 0) is 48.7 Å². The van der Waals surface area contributed by atoms with E-state index in [-0.39, 0.29) is 25.7 Å². The number of aromatic nitrogens is 2. The molecule has 1 aromatic heterocycles. The monoisotopic (exact) mass is 885 g/mol. The number of hydrogen-bond donors (Lipinski definition) is 8. The average molecular weight is 886 g/mol. The maximum absolute atomic E-state index is 12.8. The van der Waals surface area contributed by atoms with Crippen LogP contribution in [0.15, 0.2) is 64.3 Å². The molecule has 2 saturated heterocycles. The smallest absolute Gasteiger partial charge is 0.431 e.